The third kappa shape index (κ3) is 3.16. The van der Waals surface area contributed by atoms with Crippen LogP contribution in [0.1, 0.15) is 10.4 Å². The number of rotatable bonds is 5. The standard InChI is InChI=1S/C12H11FN4O3/c13-10-8-9(2-3-11(10)17(19)20)12(18)14-5-7-16-6-1-4-15-16/h1-4,6,8H,5,7H2,(H,14,18). The molecule has 0 atom stereocenters. The summed E-state index contributed by atoms with van der Waals surface area (Å²) in [4.78, 5) is 21.4. The zero-order chi connectivity index (χ0) is 14.5. The molecule has 2 rings (SSSR count). The molecule has 2 aromatic rings. The molecule has 20 heavy (non-hydrogen) atoms. The van der Waals surface area contributed by atoms with Gasteiger partial charge >= 0.3 is 5.69 Å². The zero-order valence-corrected chi connectivity index (χ0v) is 10.3. The number of aromatic nitrogens is 2. The number of hydrogen-bond donors (Lipinski definition) is 1. The molecule has 1 aromatic carbocycles. The van der Waals surface area contributed by atoms with Crippen molar-refractivity contribution in [1.82, 2.24) is 15.1 Å². The van der Waals surface area contributed by atoms with E-state index in [2.05, 4.69) is 10.4 Å². The molecule has 0 fully saturated rings. The van der Waals surface area contributed by atoms with E-state index >= 15 is 0 Å². The highest BCUT2D eigenvalue weighted by Crippen LogP contribution is 2.17. The van der Waals surface area contributed by atoms with Crippen molar-refractivity contribution in [3.05, 3.63) is 58.2 Å². The van der Waals surface area contributed by atoms with Gasteiger partial charge in [-0.25, -0.2) is 0 Å². The van der Waals surface area contributed by atoms with Crippen LogP contribution >= 0.6 is 0 Å². The molecule has 104 valence electrons. The van der Waals surface area contributed by atoms with Gasteiger partial charge in [-0.05, 0) is 18.2 Å². The van der Waals surface area contributed by atoms with Crippen molar-refractivity contribution in [2.75, 3.05) is 6.54 Å². The number of carbonyl (C=O) groups is 1. The molecule has 0 bridgehead atoms. The highest BCUT2D eigenvalue weighted by molar-refractivity contribution is 5.94. The third-order valence-corrected chi connectivity index (χ3v) is 2.59. The van der Waals surface area contributed by atoms with Gasteiger partial charge in [0.25, 0.3) is 5.91 Å². The fourth-order valence-corrected chi connectivity index (χ4v) is 1.61. The van der Waals surface area contributed by atoms with E-state index in [9.17, 15) is 19.3 Å². The second kappa shape index (κ2) is 5.91. The molecule has 0 unspecified atom stereocenters. The Morgan fingerprint density at radius 3 is 2.90 bits per heavy atom. The average Bonchev–Trinajstić information content (AvgIpc) is 2.91. The lowest BCUT2D eigenvalue weighted by atomic mass is 10.2. The summed E-state index contributed by atoms with van der Waals surface area (Å²) in [6.45, 7) is 0.799. The van der Waals surface area contributed by atoms with Crippen molar-refractivity contribution in [3.8, 4) is 0 Å². The molecule has 1 amide bonds. The average molecular weight is 278 g/mol. The van der Waals surface area contributed by atoms with E-state index in [1.54, 1.807) is 23.1 Å². The van der Waals surface area contributed by atoms with E-state index in [4.69, 9.17) is 0 Å². The number of halogens is 1. The molecule has 8 heteroatoms. The summed E-state index contributed by atoms with van der Waals surface area (Å²) in [6.07, 6.45) is 3.37. The van der Waals surface area contributed by atoms with Crippen LogP contribution in [-0.4, -0.2) is 27.2 Å². The predicted molar refractivity (Wildman–Crippen MR) is 67.6 cm³/mol. The SMILES string of the molecule is O=C(NCCn1cccn1)c1ccc([N+](=O)[O-])c(F)c1. The maximum absolute atomic E-state index is 13.4. The van der Waals surface area contributed by atoms with Crippen LogP contribution in [0.5, 0.6) is 0 Å². The van der Waals surface area contributed by atoms with Crippen molar-refractivity contribution in [2.24, 2.45) is 0 Å². The maximum Gasteiger partial charge on any atom is 0.304 e. The minimum Gasteiger partial charge on any atom is -0.350 e. The fourth-order valence-electron chi connectivity index (χ4n) is 1.61. The first-order valence-electron chi connectivity index (χ1n) is 5.77. The molecule has 0 aliphatic rings. The summed E-state index contributed by atoms with van der Waals surface area (Å²) in [7, 11) is 0. The van der Waals surface area contributed by atoms with Crippen LogP contribution in [0.4, 0.5) is 10.1 Å². The topological polar surface area (TPSA) is 90.1 Å². The number of nitro benzene ring substituents is 1. The highest BCUT2D eigenvalue weighted by Gasteiger charge is 2.16. The molecule has 0 spiro atoms. The lowest BCUT2D eigenvalue weighted by Gasteiger charge is -2.05. The van der Waals surface area contributed by atoms with Crippen LogP contribution < -0.4 is 5.32 Å². The van der Waals surface area contributed by atoms with E-state index in [1.807, 2.05) is 0 Å². The molecule has 0 aliphatic heterocycles. The van der Waals surface area contributed by atoms with Gasteiger partial charge in [0, 0.05) is 30.6 Å². The van der Waals surface area contributed by atoms with E-state index in [1.165, 1.54) is 6.07 Å². The summed E-state index contributed by atoms with van der Waals surface area (Å²) < 4.78 is 15.0. The number of benzene rings is 1. The van der Waals surface area contributed by atoms with Gasteiger partial charge in [0.1, 0.15) is 0 Å². The van der Waals surface area contributed by atoms with Crippen LogP contribution in [0.3, 0.4) is 0 Å². The Hall–Kier alpha value is -2.77. The largest absolute Gasteiger partial charge is 0.350 e. The molecular formula is C12H11FN4O3. The van der Waals surface area contributed by atoms with Gasteiger partial charge in [0.2, 0.25) is 5.82 Å². The lowest BCUT2D eigenvalue weighted by Crippen LogP contribution is -2.27. The second-order valence-corrected chi connectivity index (χ2v) is 3.95. The van der Waals surface area contributed by atoms with Crippen molar-refractivity contribution < 1.29 is 14.1 Å². The Morgan fingerprint density at radius 2 is 2.30 bits per heavy atom. The second-order valence-electron chi connectivity index (χ2n) is 3.95. The molecule has 0 saturated carbocycles. The van der Waals surface area contributed by atoms with Gasteiger partial charge in [-0.2, -0.15) is 9.49 Å². The number of carbonyl (C=O) groups excluding carboxylic acids is 1. The first-order chi connectivity index (χ1) is 9.58. The molecule has 0 radical (unpaired) electrons. The minimum atomic E-state index is -1.03. The molecule has 1 heterocycles. The Morgan fingerprint density at radius 1 is 1.50 bits per heavy atom. The Kier molecular flexibility index (Phi) is 4.04. The number of hydrogen-bond acceptors (Lipinski definition) is 4. The molecule has 1 N–H and O–H groups in total. The molecule has 0 saturated heterocycles. The minimum absolute atomic E-state index is 0.0357. The summed E-state index contributed by atoms with van der Waals surface area (Å²) in [5, 5.41) is 17.0. The number of nitro groups is 1. The van der Waals surface area contributed by atoms with Crippen molar-refractivity contribution in [3.63, 3.8) is 0 Å². The lowest BCUT2D eigenvalue weighted by molar-refractivity contribution is -0.387. The number of nitrogens with one attached hydrogen (secondary N) is 1. The van der Waals surface area contributed by atoms with Gasteiger partial charge in [0.15, 0.2) is 0 Å². The molecular weight excluding hydrogens is 267 g/mol. The number of amides is 1. The van der Waals surface area contributed by atoms with Gasteiger partial charge in [-0.3, -0.25) is 19.6 Å². The summed E-state index contributed by atoms with van der Waals surface area (Å²) in [5.74, 6) is -1.53. The van der Waals surface area contributed by atoms with E-state index in [0.29, 0.717) is 13.1 Å². The van der Waals surface area contributed by atoms with Crippen LogP contribution in [0.25, 0.3) is 0 Å². The van der Waals surface area contributed by atoms with Crippen molar-refractivity contribution in [2.45, 2.75) is 6.54 Å². The van der Waals surface area contributed by atoms with Gasteiger partial charge < -0.3 is 5.32 Å². The zero-order valence-electron chi connectivity index (χ0n) is 10.3. The molecule has 0 aliphatic carbocycles. The van der Waals surface area contributed by atoms with Crippen LogP contribution in [0, 0.1) is 15.9 Å². The van der Waals surface area contributed by atoms with Gasteiger partial charge in [-0.1, -0.05) is 0 Å². The maximum atomic E-state index is 13.4. The Balaban J connectivity index is 1.95. The predicted octanol–water partition coefficient (Wildman–Crippen LogP) is 1.36. The van der Waals surface area contributed by atoms with Crippen molar-refractivity contribution in [1.29, 1.82) is 0 Å². The summed E-state index contributed by atoms with van der Waals surface area (Å²) >= 11 is 0. The van der Waals surface area contributed by atoms with E-state index < -0.39 is 22.3 Å². The third-order valence-electron chi connectivity index (χ3n) is 2.59. The van der Waals surface area contributed by atoms with Crippen LogP contribution in [-0.2, 0) is 6.54 Å². The first kappa shape index (κ1) is 13.7. The fraction of sp³-hybridized carbons (Fsp3) is 0.167. The summed E-state index contributed by atoms with van der Waals surface area (Å²) in [6, 6.07) is 4.79. The molecule has 7 nitrogen and oxygen atoms in total. The number of nitrogens with zero attached hydrogens (tertiary/aromatic N) is 3. The molecule has 1 aromatic heterocycles. The Bertz CT molecular complexity index is 628. The van der Waals surface area contributed by atoms with Gasteiger partial charge in [0.05, 0.1) is 11.5 Å². The summed E-state index contributed by atoms with van der Waals surface area (Å²) in [5.41, 5.74) is -0.619. The normalized spacial score (nSPS) is 10.2. The van der Waals surface area contributed by atoms with E-state index in [-0.39, 0.29) is 5.56 Å². The van der Waals surface area contributed by atoms with Crippen LogP contribution in [0.15, 0.2) is 36.7 Å². The smallest absolute Gasteiger partial charge is 0.304 e. The highest BCUT2D eigenvalue weighted by atomic mass is 19.1. The quantitative estimate of drug-likeness (QED) is 0.660. The van der Waals surface area contributed by atoms with Crippen molar-refractivity contribution >= 4 is 11.6 Å². The van der Waals surface area contributed by atoms with E-state index in [0.717, 1.165) is 12.1 Å². The monoisotopic (exact) mass is 278 g/mol. The first-order valence-corrected chi connectivity index (χ1v) is 5.77. The Labute approximate surface area is 113 Å². The van der Waals surface area contributed by atoms with Crippen LogP contribution in [0.2, 0.25) is 0 Å². The van der Waals surface area contributed by atoms with Gasteiger partial charge in [-0.15, -0.1) is 0 Å².